The fourth-order valence-electron chi connectivity index (χ4n) is 3.25. The molecule has 11 nitrogen and oxygen atoms in total. The predicted octanol–water partition coefficient (Wildman–Crippen LogP) is 3.73. The summed E-state index contributed by atoms with van der Waals surface area (Å²) >= 11 is 0. The first kappa shape index (κ1) is 25.7. The van der Waals surface area contributed by atoms with Crippen LogP contribution in [0.15, 0.2) is 36.7 Å². The van der Waals surface area contributed by atoms with E-state index in [0.717, 1.165) is 11.3 Å². The molecule has 2 rings (SSSR count). The second-order valence-electron chi connectivity index (χ2n) is 7.96. The van der Waals surface area contributed by atoms with Crippen molar-refractivity contribution in [3.05, 3.63) is 36.7 Å². The van der Waals surface area contributed by atoms with E-state index in [1.54, 1.807) is 0 Å². The van der Waals surface area contributed by atoms with Gasteiger partial charge in [-0.05, 0) is 17.6 Å². The lowest BCUT2D eigenvalue weighted by molar-refractivity contribution is -0.0659. The molecule has 0 bridgehead atoms. The Morgan fingerprint density at radius 2 is 1.80 bits per heavy atom. The highest BCUT2D eigenvalue weighted by Crippen LogP contribution is 2.66. The maximum atomic E-state index is 12.0. The van der Waals surface area contributed by atoms with Crippen LogP contribution in [-0.2, 0) is 31.6 Å². The summed E-state index contributed by atoms with van der Waals surface area (Å²) < 4.78 is 53.6. The molecule has 30 heavy (non-hydrogen) atoms. The van der Waals surface area contributed by atoms with Crippen LogP contribution < -0.4 is 0 Å². The van der Waals surface area contributed by atoms with E-state index in [1.807, 2.05) is 37.9 Å². The molecule has 0 spiro atoms. The second kappa shape index (κ2) is 8.75. The number of nitrogens with zero attached hydrogens (tertiary/aromatic N) is 1. The van der Waals surface area contributed by atoms with Gasteiger partial charge in [-0.25, -0.2) is 13.4 Å². The SMILES string of the molecule is C=C1C=CN(C2OC(COP(=O)(O)OP(=O)(O)OP(C)(=O)O)C(C)C2(C)C)C(=C)C1. The summed E-state index contributed by atoms with van der Waals surface area (Å²) in [5.41, 5.74) is 1.28. The molecule has 172 valence electrons. The minimum absolute atomic E-state index is 0.153. The first-order valence-corrected chi connectivity index (χ1v) is 14.0. The van der Waals surface area contributed by atoms with Crippen molar-refractivity contribution in [2.45, 2.75) is 39.5 Å². The average molecular weight is 487 g/mol. The van der Waals surface area contributed by atoms with Gasteiger partial charge in [0.1, 0.15) is 6.23 Å². The summed E-state index contributed by atoms with van der Waals surface area (Å²) in [5.74, 6) is -0.153. The molecule has 0 aliphatic carbocycles. The Labute approximate surface area is 175 Å². The zero-order valence-corrected chi connectivity index (χ0v) is 19.9. The minimum atomic E-state index is -5.32. The van der Waals surface area contributed by atoms with Crippen LogP contribution in [0.2, 0.25) is 0 Å². The summed E-state index contributed by atoms with van der Waals surface area (Å²) in [7, 11) is -14.9. The Morgan fingerprint density at radius 3 is 2.33 bits per heavy atom. The van der Waals surface area contributed by atoms with Gasteiger partial charge in [0.25, 0.3) is 0 Å². The molecule has 0 aromatic carbocycles. The van der Waals surface area contributed by atoms with Gasteiger partial charge in [-0.2, -0.15) is 4.31 Å². The maximum Gasteiger partial charge on any atom is 0.488 e. The normalized spacial score (nSPS) is 32.5. The smallest absolute Gasteiger partial charge is 0.352 e. The van der Waals surface area contributed by atoms with E-state index in [4.69, 9.17) is 14.2 Å². The first-order valence-electron chi connectivity index (χ1n) is 8.94. The topological polar surface area (TPSA) is 152 Å². The summed E-state index contributed by atoms with van der Waals surface area (Å²) in [4.78, 5) is 30.0. The van der Waals surface area contributed by atoms with Gasteiger partial charge in [0.15, 0.2) is 0 Å². The lowest BCUT2D eigenvalue weighted by Crippen LogP contribution is -2.41. The lowest BCUT2D eigenvalue weighted by Gasteiger charge is -2.39. The Hall–Kier alpha value is -0.570. The van der Waals surface area contributed by atoms with Crippen molar-refractivity contribution < 1.29 is 46.3 Å². The summed E-state index contributed by atoms with van der Waals surface area (Å²) in [6.07, 6.45) is 3.15. The van der Waals surface area contributed by atoms with Gasteiger partial charge in [0, 0.05) is 30.4 Å². The van der Waals surface area contributed by atoms with Crippen LogP contribution in [0.4, 0.5) is 0 Å². The number of phosphoric ester groups is 1. The van der Waals surface area contributed by atoms with Crippen molar-refractivity contribution in [2.24, 2.45) is 11.3 Å². The zero-order chi connectivity index (χ0) is 23.1. The van der Waals surface area contributed by atoms with E-state index in [-0.39, 0.29) is 5.92 Å². The van der Waals surface area contributed by atoms with Crippen molar-refractivity contribution >= 4 is 23.2 Å². The molecule has 6 unspecified atom stereocenters. The zero-order valence-electron chi connectivity index (χ0n) is 17.2. The van der Waals surface area contributed by atoms with Crippen molar-refractivity contribution in [3.8, 4) is 0 Å². The van der Waals surface area contributed by atoms with Crippen LogP contribution in [0.25, 0.3) is 0 Å². The standard InChI is InChI=1S/C16H28NO10P3/c1-11-7-8-17(12(2)9-11)15-16(4,5)13(3)14(25-15)10-24-29(20,21)27-30(22,23)26-28(6,18)19/h7-8,13-15H,1-2,9-10H2,3-6H3,(H,18,19)(H,20,21)(H,22,23). The number of rotatable bonds is 8. The minimum Gasteiger partial charge on any atom is -0.352 e. The van der Waals surface area contributed by atoms with Gasteiger partial charge in [-0.1, -0.05) is 33.9 Å². The summed E-state index contributed by atoms with van der Waals surface area (Å²) in [5, 5.41) is 0. The molecular weight excluding hydrogens is 459 g/mol. The number of allylic oxidation sites excluding steroid dienone is 2. The molecule has 14 heteroatoms. The lowest BCUT2D eigenvalue weighted by atomic mass is 9.77. The van der Waals surface area contributed by atoms with Gasteiger partial charge < -0.3 is 24.3 Å². The number of hydrogen-bond donors (Lipinski definition) is 3. The molecular formula is C16H28NO10P3. The summed E-state index contributed by atoms with van der Waals surface area (Å²) in [6, 6.07) is 0. The van der Waals surface area contributed by atoms with E-state index in [1.165, 1.54) is 0 Å². The van der Waals surface area contributed by atoms with Crippen LogP contribution >= 0.6 is 23.2 Å². The number of ether oxygens (including phenoxy) is 1. The average Bonchev–Trinajstić information content (AvgIpc) is 2.73. The molecule has 0 aromatic rings. The van der Waals surface area contributed by atoms with E-state index in [9.17, 15) is 23.5 Å². The molecule has 1 saturated heterocycles. The van der Waals surface area contributed by atoms with E-state index in [0.29, 0.717) is 13.1 Å². The third-order valence-electron chi connectivity index (χ3n) is 5.05. The van der Waals surface area contributed by atoms with Gasteiger partial charge in [0.2, 0.25) is 0 Å². The highest BCUT2D eigenvalue weighted by atomic mass is 31.3. The molecule has 6 atom stereocenters. The van der Waals surface area contributed by atoms with Crippen LogP contribution in [0.5, 0.6) is 0 Å². The van der Waals surface area contributed by atoms with Crippen LogP contribution in [0.3, 0.4) is 0 Å². The second-order valence-corrected chi connectivity index (χ2v) is 13.0. The number of hydrogen-bond acceptors (Lipinski definition) is 8. The summed E-state index contributed by atoms with van der Waals surface area (Å²) in [6.45, 7) is 14.0. The van der Waals surface area contributed by atoms with E-state index < -0.39 is 47.6 Å². The first-order chi connectivity index (χ1) is 13.4. The number of phosphoric acid groups is 2. The van der Waals surface area contributed by atoms with Gasteiger partial charge in [0.05, 0.1) is 12.7 Å². The van der Waals surface area contributed by atoms with Gasteiger partial charge in [-0.3, -0.25) is 9.09 Å². The Kier molecular flexibility index (Phi) is 7.50. The highest BCUT2D eigenvalue weighted by molar-refractivity contribution is 7.68. The van der Waals surface area contributed by atoms with Crippen LogP contribution in [-0.4, -0.2) is 45.2 Å². The monoisotopic (exact) mass is 487 g/mol. The maximum absolute atomic E-state index is 12.0. The molecule has 2 aliphatic rings. The third kappa shape index (κ3) is 6.47. The van der Waals surface area contributed by atoms with Gasteiger partial charge in [-0.15, -0.1) is 0 Å². The molecule has 1 fully saturated rings. The molecule has 3 N–H and O–H groups in total. The largest absolute Gasteiger partial charge is 0.488 e. The van der Waals surface area contributed by atoms with E-state index in [2.05, 4.69) is 21.8 Å². The molecule has 2 heterocycles. The molecule has 0 radical (unpaired) electrons. The third-order valence-corrected chi connectivity index (χ3v) is 9.22. The van der Waals surface area contributed by atoms with E-state index >= 15 is 0 Å². The van der Waals surface area contributed by atoms with Crippen molar-refractivity contribution in [3.63, 3.8) is 0 Å². The van der Waals surface area contributed by atoms with Crippen molar-refractivity contribution in [1.29, 1.82) is 0 Å². The molecule has 0 amide bonds. The highest BCUT2D eigenvalue weighted by Gasteiger charge is 2.51. The fourth-order valence-corrected chi connectivity index (χ4v) is 6.73. The Bertz CT molecular complexity index is 878. The Balaban J connectivity index is 2.07. The Morgan fingerprint density at radius 1 is 1.20 bits per heavy atom. The molecule has 2 aliphatic heterocycles. The van der Waals surface area contributed by atoms with Gasteiger partial charge >= 0.3 is 23.2 Å². The fraction of sp³-hybridized carbons (Fsp3) is 0.625. The van der Waals surface area contributed by atoms with Crippen LogP contribution in [0.1, 0.15) is 27.2 Å². The molecule has 0 aromatic heterocycles. The van der Waals surface area contributed by atoms with Crippen LogP contribution in [0, 0.1) is 11.3 Å². The molecule has 0 saturated carbocycles. The quantitative estimate of drug-likeness (QED) is 0.430. The van der Waals surface area contributed by atoms with Crippen molar-refractivity contribution in [2.75, 3.05) is 13.3 Å². The van der Waals surface area contributed by atoms with Crippen molar-refractivity contribution in [1.82, 2.24) is 4.90 Å². The predicted molar refractivity (Wildman–Crippen MR) is 109 cm³/mol.